The number of furan rings is 1. The molecule has 3 N–H and O–H groups in total. The Bertz CT molecular complexity index is 1280. The predicted molar refractivity (Wildman–Crippen MR) is 122 cm³/mol. The van der Waals surface area contributed by atoms with Crippen molar-refractivity contribution in [3.05, 3.63) is 83.3 Å². The normalized spacial score (nSPS) is 14.9. The van der Waals surface area contributed by atoms with Crippen LogP contribution in [0.3, 0.4) is 0 Å². The highest BCUT2D eigenvalue weighted by atomic mass is 16.4. The molecule has 1 saturated heterocycles. The van der Waals surface area contributed by atoms with Gasteiger partial charge in [-0.1, -0.05) is 12.1 Å². The number of nitrogens with zero attached hydrogens (tertiary/aromatic N) is 2. The number of fused-ring (bicyclic) bond motifs is 1. The number of benzene rings is 2. The third-order valence-corrected chi connectivity index (χ3v) is 5.84. The molecule has 0 atom stereocenters. The lowest BCUT2D eigenvalue weighted by Gasteiger charge is -2.14. The number of aliphatic imine (C=N–C) groups is 1. The molecule has 5 rings (SSSR count). The zero-order chi connectivity index (χ0) is 22.1. The van der Waals surface area contributed by atoms with E-state index in [2.05, 4.69) is 22.0 Å². The number of aromatic carboxylic acids is 1. The molecule has 0 amide bonds. The van der Waals surface area contributed by atoms with Gasteiger partial charge in [-0.15, -0.1) is 0 Å². The van der Waals surface area contributed by atoms with Gasteiger partial charge in [-0.2, -0.15) is 0 Å². The van der Waals surface area contributed by atoms with Gasteiger partial charge in [0.25, 0.3) is 0 Å². The maximum Gasteiger partial charge on any atom is 0.335 e. The molecule has 7 heteroatoms. The summed E-state index contributed by atoms with van der Waals surface area (Å²) in [7, 11) is 0. The van der Waals surface area contributed by atoms with Crippen molar-refractivity contribution in [2.75, 3.05) is 13.1 Å². The van der Waals surface area contributed by atoms with Crippen molar-refractivity contribution in [1.29, 1.82) is 0 Å². The minimum atomic E-state index is -1.03. The Morgan fingerprint density at radius 3 is 2.53 bits per heavy atom. The number of aromatic hydroxyl groups is 1. The predicted octanol–water partition coefficient (Wildman–Crippen LogP) is 4.93. The first kappa shape index (κ1) is 20.1. The van der Waals surface area contributed by atoms with E-state index in [1.807, 2.05) is 12.1 Å². The van der Waals surface area contributed by atoms with Gasteiger partial charge >= 0.3 is 5.97 Å². The molecule has 162 valence electrons. The van der Waals surface area contributed by atoms with E-state index in [-0.39, 0.29) is 11.4 Å². The number of aromatic nitrogens is 1. The number of carbonyl (C=O) groups is 1. The summed E-state index contributed by atoms with van der Waals surface area (Å²) in [6.07, 6.45) is 5.61. The molecule has 1 aliphatic heterocycles. The SMILES string of the molecule is O=C(O)c1ccc2[nH]c(O)c(C(=Nc3ccc(CN4CCCC4)cc3)c3ccoc3)c2c1. The molecule has 0 bridgehead atoms. The van der Waals surface area contributed by atoms with Crippen LogP contribution in [0.1, 0.15) is 39.9 Å². The molecule has 0 unspecified atom stereocenters. The maximum absolute atomic E-state index is 11.5. The number of carboxylic acid groups (broad SMARTS) is 1. The molecule has 32 heavy (non-hydrogen) atoms. The highest BCUT2D eigenvalue weighted by Gasteiger charge is 2.21. The topological polar surface area (TPSA) is 102 Å². The zero-order valence-corrected chi connectivity index (χ0v) is 17.4. The number of rotatable bonds is 6. The molecule has 2 aromatic heterocycles. The second-order valence-electron chi connectivity index (χ2n) is 8.04. The summed E-state index contributed by atoms with van der Waals surface area (Å²) < 4.78 is 5.27. The standard InChI is InChI=1S/C25H23N3O4/c29-24-22(20-13-17(25(30)31)5-8-21(20)27-24)23(18-9-12-32-15-18)26-19-6-3-16(4-7-19)14-28-10-1-2-11-28/h3-9,12-13,15,27,29H,1-2,10-11,14H2,(H,30,31). The molecule has 0 aliphatic carbocycles. The monoisotopic (exact) mass is 429 g/mol. The van der Waals surface area contributed by atoms with Crippen molar-refractivity contribution in [2.24, 2.45) is 4.99 Å². The summed E-state index contributed by atoms with van der Waals surface area (Å²) in [4.78, 5) is 21.7. The first-order valence-corrected chi connectivity index (χ1v) is 10.6. The molecule has 0 saturated carbocycles. The van der Waals surface area contributed by atoms with E-state index in [1.165, 1.54) is 30.5 Å². The van der Waals surface area contributed by atoms with Crippen molar-refractivity contribution < 1.29 is 19.4 Å². The highest BCUT2D eigenvalue weighted by molar-refractivity contribution is 6.22. The summed E-state index contributed by atoms with van der Waals surface area (Å²) in [5, 5.41) is 20.7. The zero-order valence-electron chi connectivity index (χ0n) is 17.4. The summed E-state index contributed by atoms with van der Waals surface area (Å²) in [6.45, 7) is 3.21. The van der Waals surface area contributed by atoms with Gasteiger partial charge in [-0.05, 0) is 67.9 Å². The van der Waals surface area contributed by atoms with E-state index in [1.54, 1.807) is 24.7 Å². The van der Waals surface area contributed by atoms with Crippen LogP contribution in [0.15, 0.2) is 70.5 Å². The van der Waals surface area contributed by atoms with Crippen LogP contribution in [0, 0.1) is 0 Å². The minimum absolute atomic E-state index is 0.0758. The van der Waals surface area contributed by atoms with Crippen LogP contribution in [0.4, 0.5) is 5.69 Å². The van der Waals surface area contributed by atoms with Crippen molar-refractivity contribution in [3.63, 3.8) is 0 Å². The lowest BCUT2D eigenvalue weighted by molar-refractivity contribution is 0.0697. The molecule has 0 radical (unpaired) electrons. The maximum atomic E-state index is 11.5. The van der Waals surface area contributed by atoms with Crippen LogP contribution >= 0.6 is 0 Å². The third kappa shape index (κ3) is 3.90. The van der Waals surface area contributed by atoms with Gasteiger partial charge in [-0.3, -0.25) is 4.90 Å². The average Bonchev–Trinajstić information content (AvgIpc) is 3.54. The van der Waals surface area contributed by atoms with Gasteiger partial charge in [0.1, 0.15) is 0 Å². The molecule has 3 heterocycles. The fraction of sp³-hybridized carbons (Fsp3) is 0.200. The average molecular weight is 429 g/mol. The summed E-state index contributed by atoms with van der Waals surface area (Å²) in [6, 6.07) is 14.5. The number of likely N-dealkylation sites (tertiary alicyclic amines) is 1. The first-order chi connectivity index (χ1) is 15.6. The Kier molecular flexibility index (Phi) is 5.25. The second kappa shape index (κ2) is 8.36. The minimum Gasteiger partial charge on any atom is -0.494 e. The fourth-order valence-electron chi connectivity index (χ4n) is 4.22. The quantitative estimate of drug-likeness (QED) is 0.377. The van der Waals surface area contributed by atoms with E-state index in [9.17, 15) is 15.0 Å². The fourth-order valence-corrected chi connectivity index (χ4v) is 4.22. The Morgan fingerprint density at radius 1 is 1.06 bits per heavy atom. The summed E-state index contributed by atoms with van der Waals surface area (Å²) in [5.74, 6) is -1.11. The Hall–Kier alpha value is -3.84. The van der Waals surface area contributed by atoms with E-state index in [0.717, 1.165) is 25.3 Å². The second-order valence-corrected chi connectivity index (χ2v) is 8.04. The van der Waals surface area contributed by atoms with Crippen LogP contribution in [-0.2, 0) is 6.54 Å². The van der Waals surface area contributed by atoms with Crippen molar-refractivity contribution >= 4 is 28.3 Å². The Balaban J connectivity index is 1.57. The first-order valence-electron chi connectivity index (χ1n) is 10.6. The van der Waals surface area contributed by atoms with E-state index >= 15 is 0 Å². The smallest absolute Gasteiger partial charge is 0.335 e. The van der Waals surface area contributed by atoms with Gasteiger partial charge in [0.05, 0.1) is 35.1 Å². The number of H-pyrrole nitrogens is 1. The Labute approximate surface area is 184 Å². The number of nitrogens with one attached hydrogen (secondary N) is 1. The largest absolute Gasteiger partial charge is 0.494 e. The van der Waals surface area contributed by atoms with Crippen LogP contribution in [0.5, 0.6) is 5.88 Å². The van der Waals surface area contributed by atoms with Gasteiger partial charge in [0.15, 0.2) is 5.88 Å². The lowest BCUT2D eigenvalue weighted by Crippen LogP contribution is -2.18. The highest BCUT2D eigenvalue weighted by Crippen LogP contribution is 2.32. The molecule has 4 aromatic rings. The van der Waals surface area contributed by atoms with E-state index in [4.69, 9.17) is 9.41 Å². The molecule has 1 fully saturated rings. The number of aromatic amines is 1. The van der Waals surface area contributed by atoms with E-state index < -0.39 is 5.97 Å². The molecule has 7 nitrogen and oxygen atoms in total. The van der Waals surface area contributed by atoms with Crippen LogP contribution in [-0.4, -0.2) is 44.9 Å². The van der Waals surface area contributed by atoms with E-state index in [0.29, 0.717) is 27.7 Å². The third-order valence-electron chi connectivity index (χ3n) is 5.84. The van der Waals surface area contributed by atoms with Crippen molar-refractivity contribution in [1.82, 2.24) is 9.88 Å². The molecular formula is C25H23N3O4. The molecule has 2 aromatic carbocycles. The van der Waals surface area contributed by atoms with Gasteiger partial charge in [-0.25, -0.2) is 9.79 Å². The summed E-state index contributed by atoms with van der Waals surface area (Å²) in [5.41, 5.74) is 4.34. The molecular weight excluding hydrogens is 406 g/mol. The van der Waals surface area contributed by atoms with Gasteiger partial charge in [0, 0.05) is 23.0 Å². The van der Waals surface area contributed by atoms with Crippen LogP contribution in [0.2, 0.25) is 0 Å². The molecule has 0 spiro atoms. The number of hydrogen-bond donors (Lipinski definition) is 3. The van der Waals surface area contributed by atoms with Crippen LogP contribution in [0.25, 0.3) is 10.9 Å². The van der Waals surface area contributed by atoms with Gasteiger partial charge in [0.2, 0.25) is 0 Å². The number of carboxylic acids is 1. The van der Waals surface area contributed by atoms with Crippen molar-refractivity contribution in [3.8, 4) is 5.88 Å². The lowest BCUT2D eigenvalue weighted by atomic mass is 10.0. The van der Waals surface area contributed by atoms with Crippen molar-refractivity contribution in [2.45, 2.75) is 19.4 Å². The molecule has 1 aliphatic rings. The van der Waals surface area contributed by atoms with Gasteiger partial charge < -0.3 is 19.6 Å². The Morgan fingerprint density at radius 2 is 1.84 bits per heavy atom. The summed E-state index contributed by atoms with van der Waals surface area (Å²) >= 11 is 0. The number of hydrogen-bond acceptors (Lipinski definition) is 5. The van der Waals surface area contributed by atoms with Crippen LogP contribution < -0.4 is 0 Å².